The van der Waals surface area contributed by atoms with Gasteiger partial charge in [0.2, 0.25) is 0 Å². The summed E-state index contributed by atoms with van der Waals surface area (Å²) in [6, 6.07) is 0. The van der Waals surface area contributed by atoms with Crippen LogP contribution in [0.1, 0.15) is 57.2 Å². The van der Waals surface area contributed by atoms with E-state index in [9.17, 15) is 15.3 Å². The molecule has 25 heavy (non-hydrogen) atoms. The molecule has 1 heterocycles. The van der Waals surface area contributed by atoms with E-state index in [0.29, 0.717) is 18.3 Å². The molecule has 140 valence electrons. The third-order valence-electron chi connectivity index (χ3n) is 8.34. The molecule has 5 heteroatoms. The van der Waals surface area contributed by atoms with Gasteiger partial charge in [0, 0.05) is 24.3 Å². The lowest BCUT2D eigenvalue weighted by molar-refractivity contribution is -0.0997. The molecule has 5 nitrogen and oxygen atoms in total. The average Bonchev–Trinajstić information content (AvgIpc) is 3.17. The van der Waals surface area contributed by atoms with Gasteiger partial charge in [-0.1, -0.05) is 13.8 Å². The van der Waals surface area contributed by atoms with Crippen molar-refractivity contribution in [2.45, 2.75) is 63.9 Å². The molecule has 2 fully saturated rings. The van der Waals surface area contributed by atoms with Crippen LogP contribution < -0.4 is 0 Å². The SMILES string of the molecule is C[C@]1([C@H]2CC[C@]3(C)c4[nH]ncc4C[C@H]3[C@@H]2CO)CC[C@H](O)C[C@@H]1CO. The molecule has 0 saturated heterocycles. The molecule has 0 radical (unpaired) electrons. The maximum atomic E-state index is 10.4. The Morgan fingerprint density at radius 2 is 1.96 bits per heavy atom. The standard InChI is InChI=1S/C20H32N2O3/c1-19(5-3-14(25)8-13(19)10-23)16-4-6-20(2)17(15(16)11-24)7-12-9-21-22-18(12)20/h9,13-17,23-25H,3-8,10-11H2,1-2H3,(H,21,22)/t13-,14+,15-,16+,17+,19+,20+/m1/s1. The van der Waals surface area contributed by atoms with Crippen LogP contribution in [0.25, 0.3) is 0 Å². The topological polar surface area (TPSA) is 89.4 Å². The summed E-state index contributed by atoms with van der Waals surface area (Å²) in [6.45, 7) is 4.97. The Morgan fingerprint density at radius 1 is 1.16 bits per heavy atom. The minimum atomic E-state index is -0.288. The summed E-state index contributed by atoms with van der Waals surface area (Å²) in [7, 11) is 0. The van der Waals surface area contributed by atoms with Gasteiger partial charge in [0.1, 0.15) is 0 Å². The highest BCUT2D eigenvalue weighted by Crippen LogP contribution is 2.60. The van der Waals surface area contributed by atoms with Gasteiger partial charge >= 0.3 is 0 Å². The Hall–Kier alpha value is -0.910. The summed E-state index contributed by atoms with van der Waals surface area (Å²) >= 11 is 0. The Balaban J connectivity index is 1.65. The van der Waals surface area contributed by atoms with Crippen molar-refractivity contribution in [3.05, 3.63) is 17.5 Å². The van der Waals surface area contributed by atoms with E-state index in [1.165, 1.54) is 11.3 Å². The fourth-order valence-corrected chi connectivity index (χ4v) is 6.73. The lowest BCUT2D eigenvalue weighted by Gasteiger charge is -2.56. The predicted molar refractivity (Wildman–Crippen MR) is 95.0 cm³/mol. The molecule has 1 aromatic rings. The highest BCUT2D eigenvalue weighted by atomic mass is 16.3. The summed E-state index contributed by atoms with van der Waals surface area (Å²) < 4.78 is 0. The molecule has 0 bridgehead atoms. The molecule has 0 unspecified atom stereocenters. The van der Waals surface area contributed by atoms with Crippen molar-refractivity contribution in [3.63, 3.8) is 0 Å². The second-order valence-corrected chi connectivity index (χ2v) is 9.30. The van der Waals surface area contributed by atoms with Crippen molar-refractivity contribution in [3.8, 4) is 0 Å². The molecule has 0 spiro atoms. The Morgan fingerprint density at radius 3 is 2.68 bits per heavy atom. The van der Waals surface area contributed by atoms with E-state index in [1.54, 1.807) is 0 Å². The lowest BCUT2D eigenvalue weighted by Crippen LogP contribution is -2.53. The van der Waals surface area contributed by atoms with E-state index >= 15 is 0 Å². The first-order chi connectivity index (χ1) is 11.9. The molecule has 2 saturated carbocycles. The number of rotatable bonds is 3. The van der Waals surface area contributed by atoms with Gasteiger partial charge in [0.05, 0.1) is 12.3 Å². The Bertz CT molecular complexity index is 632. The summed E-state index contributed by atoms with van der Waals surface area (Å²) in [6.07, 6.45) is 7.27. The van der Waals surface area contributed by atoms with E-state index in [0.717, 1.165) is 32.1 Å². The normalized spacial score (nSPS) is 46.7. The molecule has 7 atom stereocenters. The van der Waals surface area contributed by atoms with Crippen molar-refractivity contribution >= 4 is 0 Å². The number of hydrogen-bond acceptors (Lipinski definition) is 4. The molecule has 1 aromatic heterocycles. The number of aromatic nitrogens is 2. The average molecular weight is 348 g/mol. The van der Waals surface area contributed by atoms with Crippen molar-refractivity contribution in [2.75, 3.05) is 13.2 Å². The fraction of sp³-hybridized carbons (Fsp3) is 0.850. The first kappa shape index (κ1) is 17.5. The lowest BCUT2D eigenvalue weighted by atomic mass is 9.49. The van der Waals surface area contributed by atoms with E-state index in [1.807, 2.05) is 6.20 Å². The highest BCUT2D eigenvalue weighted by molar-refractivity contribution is 5.35. The van der Waals surface area contributed by atoms with E-state index in [2.05, 4.69) is 24.0 Å². The molecule has 0 aliphatic heterocycles. The zero-order chi connectivity index (χ0) is 17.8. The first-order valence-corrected chi connectivity index (χ1v) is 9.86. The summed E-state index contributed by atoms with van der Waals surface area (Å²) in [5.74, 6) is 1.20. The zero-order valence-electron chi connectivity index (χ0n) is 15.4. The van der Waals surface area contributed by atoms with Crippen LogP contribution >= 0.6 is 0 Å². The molecule has 4 rings (SSSR count). The fourth-order valence-electron chi connectivity index (χ4n) is 6.73. The number of hydrogen-bond donors (Lipinski definition) is 4. The van der Waals surface area contributed by atoms with Crippen molar-refractivity contribution < 1.29 is 15.3 Å². The minimum Gasteiger partial charge on any atom is -0.396 e. The molecular weight excluding hydrogens is 316 g/mol. The van der Waals surface area contributed by atoms with Gasteiger partial charge in [0.15, 0.2) is 0 Å². The number of nitrogens with zero attached hydrogens (tertiary/aromatic N) is 1. The van der Waals surface area contributed by atoms with Gasteiger partial charge < -0.3 is 15.3 Å². The van der Waals surface area contributed by atoms with Crippen LogP contribution in [0, 0.1) is 29.1 Å². The maximum absolute atomic E-state index is 10.4. The van der Waals surface area contributed by atoms with Crippen LogP contribution in [0.3, 0.4) is 0 Å². The molecule has 3 aliphatic carbocycles. The maximum Gasteiger partial charge on any atom is 0.0544 e. The minimum absolute atomic E-state index is 0.00272. The van der Waals surface area contributed by atoms with Crippen LogP contribution in [0.15, 0.2) is 6.20 Å². The first-order valence-electron chi connectivity index (χ1n) is 9.86. The largest absolute Gasteiger partial charge is 0.396 e. The van der Waals surface area contributed by atoms with Crippen LogP contribution in [0.5, 0.6) is 0 Å². The van der Waals surface area contributed by atoms with Gasteiger partial charge in [-0.3, -0.25) is 5.10 Å². The molecule has 3 aliphatic rings. The third kappa shape index (κ3) is 2.42. The second kappa shape index (κ2) is 6.07. The molecule has 0 aromatic carbocycles. The summed E-state index contributed by atoms with van der Waals surface area (Å²) in [5.41, 5.74) is 2.67. The van der Waals surface area contributed by atoms with Crippen LogP contribution in [0.2, 0.25) is 0 Å². The van der Waals surface area contributed by atoms with Crippen molar-refractivity contribution in [1.29, 1.82) is 0 Å². The monoisotopic (exact) mass is 348 g/mol. The summed E-state index contributed by atoms with van der Waals surface area (Å²) in [4.78, 5) is 0. The zero-order valence-corrected chi connectivity index (χ0v) is 15.4. The number of aliphatic hydroxyl groups excluding tert-OH is 3. The molecular formula is C20H32N2O3. The Kier molecular flexibility index (Phi) is 4.25. The van der Waals surface area contributed by atoms with Gasteiger partial charge in [-0.05, 0) is 73.2 Å². The van der Waals surface area contributed by atoms with Crippen LogP contribution in [0.4, 0.5) is 0 Å². The van der Waals surface area contributed by atoms with Crippen LogP contribution in [-0.2, 0) is 11.8 Å². The summed E-state index contributed by atoms with van der Waals surface area (Å²) in [5, 5.41) is 37.9. The Labute approximate surface area is 149 Å². The van der Waals surface area contributed by atoms with Gasteiger partial charge in [0.25, 0.3) is 0 Å². The van der Waals surface area contributed by atoms with Gasteiger partial charge in [-0.25, -0.2) is 0 Å². The third-order valence-corrected chi connectivity index (χ3v) is 8.34. The number of nitrogens with one attached hydrogen (secondary N) is 1. The quantitative estimate of drug-likeness (QED) is 0.673. The van der Waals surface area contributed by atoms with Crippen LogP contribution in [-0.4, -0.2) is 44.8 Å². The number of H-pyrrole nitrogens is 1. The van der Waals surface area contributed by atoms with Crippen molar-refractivity contribution in [2.24, 2.45) is 29.1 Å². The number of fused-ring (bicyclic) bond motifs is 3. The molecule has 4 N–H and O–H groups in total. The molecule has 0 amide bonds. The second-order valence-electron chi connectivity index (χ2n) is 9.30. The smallest absolute Gasteiger partial charge is 0.0544 e. The number of aromatic amines is 1. The highest BCUT2D eigenvalue weighted by Gasteiger charge is 2.57. The van der Waals surface area contributed by atoms with E-state index < -0.39 is 0 Å². The van der Waals surface area contributed by atoms with E-state index in [-0.39, 0.29) is 42.0 Å². The number of aliphatic hydroxyl groups is 3. The van der Waals surface area contributed by atoms with Gasteiger partial charge in [-0.15, -0.1) is 0 Å². The predicted octanol–water partition coefficient (Wildman–Crippen LogP) is 2.02. The van der Waals surface area contributed by atoms with Crippen molar-refractivity contribution in [1.82, 2.24) is 10.2 Å². The van der Waals surface area contributed by atoms with E-state index in [4.69, 9.17) is 0 Å². The van der Waals surface area contributed by atoms with Gasteiger partial charge in [-0.2, -0.15) is 5.10 Å².